The largest absolute Gasteiger partial charge is 0.489 e. The molecule has 0 bridgehead atoms. The van der Waals surface area contributed by atoms with Gasteiger partial charge in [-0.1, -0.05) is 0 Å². The van der Waals surface area contributed by atoms with Crippen LogP contribution >= 0.6 is 15.9 Å². The van der Waals surface area contributed by atoms with E-state index >= 15 is 0 Å². The van der Waals surface area contributed by atoms with Crippen molar-refractivity contribution in [2.45, 2.75) is 13.0 Å². The Morgan fingerprint density at radius 1 is 1.26 bits per heavy atom. The molecule has 2 rings (SSSR count). The molecule has 0 radical (unpaired) electrons. The summed E-state index contributed by atoms with van der Waals surface area (Å²) < 4.78 is 19.8. The first-order valence-corrected chi connectivity index (χ1v) is 6.69. The third-order valence-electron chi connectivity index (χ3n) is 2.59. The van der Waals surface area contributed by atoms with E-state index in [2.05, 4.69) is 20.9 Å². The van der Waals surface area contributed by atoms with Crippen molar-refractivity contribution < 1.29 is 9.13 Å². The molecule has 0 saturated heterocycles. The Hall–Kier alpha value is -1.46. The van der Waals surface area contributed by atoms with Crippen LogP contribution in [0.4, 0.5) is 4.39 Å². The molecule has 2 N–H and O–H groups in total. The molecule has 0 unspecified atom stereocenters. The molecule has 2 aromatic rings. The van der Waals surface area contributed by atoms with Crippen LogP contribution in [0.15, 0.2) is 41.1 Å². The monoisotopic (exact) mass is 324 g/mol. The summed E-state index contributed by atoms with van der Waals surface area (Å²) >= 11 is 3.35. The van der Waals surface area contributed by atoms with Crippen molar-refractivity contribution in [2.24, 2.45) is 5.73 Å². The number of aromatic nitrogens is 1. The number of rotatable bonds is 5. The van der Waals surface area contributed by atoms with E-state index in [0.717, 1.165) is 15.6 Å². The van der Waals surface area contributed by atoms with Crippen molar-refractivity contribution in [3.8, 4) is 5.75 Å². The Bertz CT molecular complexity index is 563. The molecule has 1 aromatic carbocycles. The standard InChI is InChI=1S/C14H14BrFN2O/c15-12-5-10(7-18-8-12)9-19-14-2-1-13(16)6-11(14)3-4-17/h1-2,5-8H,3-4,9,17H2. The van der Waals surface area contributed by atoms with Crippen LogP contribution in [0.2, 0.25) is 0 Å². The van der Waals surface area contributed by atoms with Crippen LogP contribution in [0.5, 0.6) is 5.75 Å². The number of benzene rings is 1. The summed E-state index contributed by atoms with van der Waals surface area (Å²) in [5.74, 6) is 0.381. The van der Waals surface area contributed by atoms with Crippen molar-refractivity contribution >= 4 is 15.9 Å². The number of hydrogen-bond acceptors (Lipinski definition) is 3. The van der Waals surface area contributed by atoms with Crippen LogP contribution < -0.4 is 10.5 Å². The first-order chi connectivity index (χ1) is 9.19. The van der Waals surface area contributed by atoms with Gasteiger partial charge in [0, 0.05) is 22.4 Å². The minimum absolute atomic E-state index is 0.278. The van der Waals surface area contributed by atoms with Gasteiger partial charge in [0.05, 0.1) is 0 Å². The molecule has 0 saturated carbocycles. The lowest BCUT2D eigenvalue weighted by Gasteiger charge is -2.11. The average Bonchev–Trinajstić information content (AvgIpc) is 2.38. The van der Waals surface area contributed by atoms with Gasteiger partial charge in [-0.3, -0.25) is 4.98 Å². The van der Waals surface area contributed by atoms with Gasteiger partial charge in [0.1, 0.15) is 18.2 Å². The lowest BCUT2D eigenvalue weighted by Crippen LogP contribution is -2.06. The Balaban J connectivity index is 2.10. The number of ether oxygens (including phenoxy) is 1. The third-order valence-corrected chi connectivity index (χ3v) is 3.03. The van der Waals surface area contributed by atoms with Gasteiger partial charge in [-0.15, -0.1) is 0 Å². The molecule has 1 aromatic heterocycles. The highest BCUT2D eigenvalue weighted by atomic mass is 79.9. The van der Waals surface area contributed by atoms with E-state index in [1.807, 2.05) is 6.07 Å². The SMILES string of the molecule is NCCc1cc(F)ccc1OCc1cncc(Br)c1. The first kappa shape index (κ1) is 14.0. The summed E-state index contributed by atoms with van der Waals surface area (Å²) in [6.45, 7) is 0.841. The third kappa shape index (κ3) is 4.01. The van der Waals surface area contributed by atoms with Crippen molar-refractivity contribution in [1.29, 1.82) is 0 Å². The second-order valence-electron chi connectivity index (χ2n) is 4.09. The van der Waals surface area contributed by atoms with E-state index in [9.17, 15) is 4.39 Å². The molecular weight excluding hydrogens is 311 g/mol. The van der Waals surface area contributed by atoms with Gasteiger partial charge in [-0.05, 0) is 58.7 Å². The van der Waals surface area contributed by atoms with E-state index in [0.29, 0.717) is 25.3 Å². The molecular formula is C14H14BrFN2O. The summed E-state index contributed by atoms with van der Waals surface area (Å²) in [5.41, 5.74) is 7.24. The highest BCUT2D eigenvalue weighted by Gasteiger charge is 2.05. The minimum atomic E-state index is -0.278. The van der Waals surface area contributed by atoms with Crippen molar-refractivity contribution in [3.05, 3.63) is 58.1 Å². The average molecular weight is 325 g/mol. The Kier molecular flexibility index (Phi) is 4.87. The zero-order valence-electron chi connectivity index (χ0n) is 10.3. The predicted molar refractivity (Wildman–Crippen MR) is 75.4 cm³/mol. The van der Waals surface area contributed by atoms with E-state index < -0.39 is 0 Å². The van der Waals surface area contributed by atoms with Crippen LogP contribution in [-0.4, -0.2) is 11.5 Å². The maximum absolute atomic E-state index is 13.2. The van der Waals surface area contributed by atoms with Gasteiger partial charge in [0.2, 0.25) is 0 Å². The van der Waals surface area contributed by atoms with Gasteiger partial charge in [-0.2, -0.15) is 0 Å². The summed E-state index contributed by atoms with van der Waals surface area (Å²) in [6, 6.07) is 6.40. The predicted octanol–water partition coefficient (Wildman–Crippen LogP) is 3.06. The van der Waals surface area contributed by atoms with Crippen LogP contribution in [-0.2, 0) is 13.0 Å². The molecule has 0 aliphatic carbocycles. The quantitative estimate of drug-likeness (QED) is 0.919. The summed E-state index contributed by atoms with van der Waals surface area (Å²) in [5, 5.41) is 0. The number of hydrogen-bond donors (Lipinski definition) is 1. The van der Waals surface area contributed by atoms with Gasteiger partial charge in [0.25, 0.3) is 0 Å². The number of nitrogens with two attached hydrogens (primary N) is 1. The Morgan fingerprint density at radius 2 is 2.11 bits per heavy atom. The molecule has 5 heteroatoms. The smallest absolute Gasteiger partial charge is 0.123 e. The second-order valence-corrected chi connectivity index (χ2v) is 5.01. The molecule has 100 valence electrons. The fourth-order valence-electron chi connectivity index (χ4n) is 1.74. The van der Waals surface area contributed by atoms with E-state index in [1.165, 1.54) is 12.1 Å². The molecule has 19 heavy (non-hydrogen) atoms. The van der Waals surface area contributed by atoms with Crippen molar-refractivity contribution in [2.75, 3.05) is 6.54 Å². The Labute approximate surface area is 119 Å². The topological polar surface area (TPSA) is 48.1 Å². The zero-order chi connectivity index (χ0) is 13.7. The zero-order valence-corrected chi connectivity index (χ0v) is 11.9. The Morgan fingerprint density at radius 3 is 2.84 bits per heavy atom. The van der Waals surface area contributed by atoms with Crippen LogP contribution in [0, 0.1) is 5.82 Å². The van der Waals surface area contributed by atoms with E-state index in [1.54, 1.807) is 18.5 Å². The molecule has 0 fully saturated rings. The van der Waals surface area contributed by atoms with Crippen LogP contribution in [0.25, 0.3) is 0 Å². The van der Waals surface area contributed by atoms with Gasteiger partial charge < -0.3 is 10.5 Å². The molecule has 0 atom stereocenters. The maximum atomic E-state index is 13.2. The number of nitrogens with zero attached hydrogens (tertiary/aromatic N) is 1. The number of halogens is 2. The van der Waals surface area contributed by atoms with Crippen LogP contribution in [0.1, 0.15) is 11.1 Å². The molecule has 0 aliphatic rings. The lowest BCUT2D eigenvalue weighted by atomic mass is 10.1. The lowest BCUT2D eigenvalue weighted by molar-refractivity contribution is 0.302. The van der Waals surface area contributed by atoms with Gasteiger partial charge in [0.15, 0.2) is 0 Å². The second kappa shape index (κ2) is 6.63. The van der Waals surface area contributed by atoms with Crippen LogP contribution in [0.3, 0.4) is 0 Å². The number of pyridine rings is 1. The molecule has 0 amide bonds. The van der Waals surface area contributed by atoms with E-state index in [4.69, 9.17) is 10.5 Å². The van der Waals surface area contributed by atoms with Crippen molar-refractivity contribution in [1.82, 2.24) is 4.98 Å². The minimum Gasteiger partial charge on any atom is -0.489 e. The summed E-state index contributed by atoms with van der Waals surface area (Å²) in [6.07, 6.45) is 4.03. The highest BCUT2D eigenvalue weighted by Crippen LogP contribution is 2.21. The van der Waals surface area contributed by atoms with E-state index in [-0.39, 0.29) is 5.82 Å². The first-order valence-electron chi connectivity index (χ1n) is 5.90. The highest BCUT2D eigenvalue weighted by molar-refractivity contribution is 9.10. The molecule has 1 heterocycles. The maximum Gasteiger partial charge on any atom is 0.123 e. The fraction of sp³-hybridized carbons (Fsp3) is 0.214. The normalized spacial score (nSPS) is 10.5. The molecule has 3 nitrogen and oxygen atoms in total. The molecule has 0 spiro atoms. The van der Waals surface area contributed by atoms with Gasteiger partial charge in [-0.25, -0.2) is 4.39 Å². The van der Waals surface area contributed by atoms with Crippen molar-refractivity contribution in [3.63, 3.8) is 0 Å². The van der Waals surface area contributed by atoms with Gasteiger partial charge >= 0.3 is 0 Å². The molecule has 0 aliphatic heterocycles. The summed E-state index contributed by atoms with van der Waals surface area (Å²) in [4.78, 5) is 4.06. The summed E-state index contributed by atoms with van der Waals surface area (Å²) in [7, 11) is 0. The fourth-order valence-corrected chi connectivity index (χ4v) is 2.15.